The molecule has 0 atom stereocenters. The summed E-state index contributed by atoms with van der Waals surface area (Å²) in [5, 5.41) is 13.6. The molecular weight excluding hydrogens is 246 g/mol. The van der Waals surface area contributed by atoms with E-state index in [0.29, 0.717) is 17.7 Å². The summed E-state index contributed by atoms with van der Waals surface area (Å²) in [7, 11) is 0. The van der Waals surface area contributed by atoms with Crippen molar-refractivity contribution in [3.8, 4) is 0 Å². The van der Waals surface area contributed by atoms with E-state index < -0.39 is 4.92 Å². The van der Waals surface area contributed by atoms with Gasteiger partial charge in [-0.25, -0.2) is 0 Å². The molecular formula is C13H17N3O3. The van der Waals surface area contributed by atoms with E-state index in [9.17, 15) is 14.9 Å². The predicted octanol–water partition coefficient (Wildman–Crippen LogP) is 1.51. The second kappa shape index (κ2) is 4.97. The Labute approximate surface area is 111 Å². The zero-order valence-corrected chi connectivity index (χ0v) is 10.8. The number of nitro benzene ring substituents is 1. The van der Waals surface area contributed by atoms with Crippen molar-refractivity contribution >= 4 is 11.6 Å². The fraction of sp³-hybridized carbons (Fsp3) is 0.462. The standard InChI is InChI=1S/C13H17N3O3/c1-9-10(4-2-5-11(9)16(18)19)12(17)15-8-13(14)6-3-7-13/h2,4-5H,3,6-8,14H2,1H3,(H,15,17). The molecule has 102 valence electrons. The molecule has 1 aromatic carbocycles. The molecule has 1 fully saturated rings. The smallest absolute Gasteiger partial charge is 0.273 e. The Morgan fingerprint density at radius 2 is 2.21 bits per heavy atom. The third kappa shape index (κ3) is 2.73. The summed E-state index contributed by atoms with van der Waals surface area (Å²) in [6, 6.07) is 4.49. The number of carbonyl (C=O) groups excluding carboxylic acids is 1. The number of amides is 1. The lowest BCUT2D eigenvalue weighted by molar-refractivity contribution is -0.385. The van der Waals surface area contributed by atoms with Gasteiger partial charge in [0.05, 0.1) is 4.92 Å². The first-order chi connectivity index (χ1) is 8.93. The molecule has 0 radical (unpaired) electrons. The molecule has 1 saturated carbocycles. The zero-order valence-electron chi connectivity index (χ0n) is 10.8. The van der Waals surface area contributed by atoms with Crippen LogP contribution in [-0.4, -0.2) is 22.9 Å². The number of nitrogens with zero attached hydrogens (tertiary/aromatic N) is 1. The van der Waals surface area contributed by atoms with Crippen molar-refractivity contribution < 1.29 is 9.72 Å². The Morgan fingerprint density at radius 1 is 1.53 bits per heavy atom. The molecule has 1 amide bonds. The number of benzene rings is 1. The number of nitrogens with two attached hydrogens (primary N) is 1. The van der Waals surface area contributed by atoms with Crippen molar-refractivity contribution in [3.05, 3.63) is 39.4 Å². The predicted molar refractivity (Wildman–Crippen MR) is 70.9 cm³/mol. The fourth-order valence-corrected chi connectivity index (χ4v) is 2.23. The fourth-order valence-electron chi connectivity index (χ4n) is 2.23. The number of nitro groups is 1. The maximum atomic E-state index is 12.0. The molecule has 1 aliphatic rings. The number of hydrogen-bond donors (Lipinski definition) is 2. The Kier molecular flexibility index (Phi) is 3.53. The van der Waals surface area contributed by atoms with Gasteiger partial charge in [0.25, 0.3) is 11.6 Å². The zero-order chi connectivity index (χ0) is 14.0. The highest BCUT2D eigenvalue weighted by molar-refractivity contribution is 5.96. The lowest BCUT2D eigenvalue weighted by Crippen LogP contribution is -2.55. The first-order valence-corrected chi connectivity index (χ1v) is 6.24. The van der Waals surface area contributed by atoms with Crippen molar-refractivity contribution in [2.45, 2.75) is 31.7 Å². The van der Waals surface area contributed by atoms with E-state index in [4.69, 9.17) is 5.73 Å². The number of rotatable bonds is 4. The number of hydrogen-bond acceptors (Lipinski definition) is 4. The van der Waals surface area contributed by atoms with Crippen LogP contribution in [0.4, 0.5) is 5.69 Å². The van der Waals surface area contributed by atoms with Crippen molar-refractivity contribution in [2.24, 2.45) is 5.73 Å². The molecule has 0 aliphatic heterocycles. The molecule has 6 heteroatoms. The molecule has 2 rings (SSSR count). The normalized spacial score (nSPS) is 16.5. The largest absolute Gasteiger partial charge is 0.350 e. The molecule has 19 heavy (non-hydrogen) atoms. The third-order valence-corrected chi connectivity index (χ3v) is 3.70. The molecule has 0 spiro atoms. The molecule has 1 aliphatic carbocycles. The first-order valence-electron chi connectivity index (χ1n) is 6.24. The van der Waals surface area contributed by atoms with E-state index in [1.54, 1.807) is 13.0 Å². The summed E-state index contributed by atoms with van der Waals surface area (Å²) < 4.78 is 0. The van der Waals surface area contributed by atoms with Crippen molar-refractivity contribution in [1.82, 2.24) is 5.32 Å². The van der Waals surface area contributed by atoms with E-state index in [2.05, 4.69) is 5.32 Å². The molecule has 0 saturated heterocycles. The average Bonchev–Trinajstić information content (AvgIpc) is 2.33. The van der Waals surface area contributed by atoms with Gasteiger partial charge in [0.2, 0.25) is 0 Å². The average molecular weight is 263 g/mol. The highest BCUT2D eigenvalue weighted by Gasteiger charge is 2.33. The van der Waals surface area contributed by atoms with E-state index in [1.165, 1.54) is 12.1 Å². The summed E-state index contributed by atoms with van der Waals surface area (Å²) in [5.41, 5.74) is 6.39. The van der Waals surface area contributed by atoms with E-state index in [0.717, 1.165) is 19.3 Å². The van der Waals surface area contributed by atoms with Gasteiger partial charge >= 0.3 is 0 Å². The van der Waals surface area contributed by atoms with Gasteiger partial charge < -0.3 is 11.1 Å². The van der Waals surface area contributed by atoms with Crippen molar-refractivity contribution in [3.63, 3.8) is 0 Å². The van der Waals surface area contributed by atoms with Crippen LogP contribution < -0.4 is 11.1 Å². The van der Waals surface area contributed by atoms with Crippen molar-refractivity contribution in [1.29, 1.82) is 0 Å². The minimum absolute atomic E-state index is 0.0428. The summed E-state index contributed by atoms with van der Waals surface area (Å²) in [6.45, 7) is 1.99. The monoisotopic (exact) mass is 263 g/mol. The Morgan fingerprint density at radius 3 is 2.74 bits per heavy atom. The van der Waals surface area contributed by atoms with Gasteiger partial charge in [-0.05, 0) is 32.3 Å². The van der Waals surface area contributed by atoms with Gasteiger partial charge in [-0.3, -0.25) is 14.9 Å². The van der Waals surface area contributed by atoms with Gasteiger partial charge in [-0.15, -0.1) is 0 Å². The lowest BCUT2D eigenvalue weighted by atomic mass is 9.78. The second-order valence-corrected chi connectivity index (χ2v) is 5.11. The maximum Gasteiger partial charge on any atom is 0.273 e. The second-order valence-electron chi connectivity index (χ2n) is 5.11. The third-order valence-electron chi connectivity index (χ3n) is 3.70. The van der Waals surface area contributed by atoms with Crippen LogP contribution in [0.25, 0.3) is 0 Å². The van der Waals surface area contributed by atoms with Gasteiger partial charge in [-0.2, -0.15) is 0 Å². The highest BCUT2D eigenvalue weighted by Crippen LogP contribution is 2.28. The highest BCUT2D eigenvalue weighted by atomic mass is 16.6. The molecule has 0 bridgehead atoms. The summed E-state index contributed by atoms with van der Waals surface area (Å²) in [4.78, 5) is 22.4. The number of nitrogens with one attached hydrogen (secondary N) is 1. The van der Waals surface area contributed by atoms with E-state index in [1.807, 2.05) is 0 Å². The minimum atomic E-state index is -0.484. The van der Waals surface area contributed by atoms with Gasteiger partial charge in [-0.1, -0.05) is 6.07 Å². The molecule has 3 N–H and O–H groups in total. The molecule has 0 heterocycles. The summed E-state index contributed by atoms with van der Waals surface area (Å²) >= 11 is 0. The maximum absolute atomic E-state index is 12.0. The Bertz CT molecular complexity index is 524. The van der Waals surface area contributed by atoms with Crippen LogP contribution in [-0.2, 0) is 0 Å². The Hall–Kier alpha value is -1.95. The van der Waals surface area contributed by atoms with Crippen LogP contribution in [0.15, 0.2) is 18.2 Å². The quantitative estimate of drug-likeness (QED) is 0.635. The Balaban J connectivity index is 2.10. The SMILES string of the molecule is Cc1c(C(=O)NCC2(N)CCC2)cccc1[N+](=O)[O-]. The molecule has 1 aromatic rings. The summed E-state index contributed by atoms with van der Waals surface area (Å²) in [5.74, 6) is -0.307. The van der Waals surface area contributed by atoms with Crippen LogP contribution >= 0.6 is 0 Å². The molecule has 6 nitrogen and oxygen atoms in total. The van der Waals surface area contributed by atoms with Crippen molar-refractivity contribution in [2.75, 3.05) is 6.54 Å². The topological polar surface area (TPSA) is 98.3 Å². The van der Waals surface area contributed by atoms with Gasteiger partial charge in [0.1, 0.15) is 0 Å². The van der Waals surface area contributed by atoms with Gasteiger partial charge in [0.15, 0.2) is 0 Å². The number of carbonyl (C=O) groups is 1. The first kappa shape index (κ1) is 13.5. The molecule has 0 aromatic heterocycles. The van der Waals surface area contributed by atoms with Gasteiger partial charge in [0, 0.05) is 29.3 Å². The molecule has 0 unspecified atom stereocenters. The lowest BCUT2D eigenvalue weighted by Gasteiger charge is -2.38. The van der Waals surface area contributed by atoms with Crippen LogP contribution in [0.2, 0.25) is 0 Å². The minimum Gasteiger partial charge on any atom is -0.350 e. The van der Waals surface area contributed by atoms with E-state index >= 15 is 0 Å². The van der Waals surface area contributed by atoms with E-state index in [-0.39, 0.29) is 17.1 Å². The van der Waals surface area contributed by atoms with Crippen LogP contribution in [0.1, 0.15) is 35.2 Å². The van der Waals surface area contributed by atoms with Crippen LogP contribution in [0.5, 0.6) is 0 Å². The summed E-state index contributed by atoms with van der Waals surface area (Å²) in [6.07, 6.45) is 2.89. The van der Waals surface area contributed by atoms with Crippen LogP contribution in [0.3, 0.4) is 0 Å². The van der Waals surface area contributed by atoms with Crippen LogP contribution in [0, 0.1) is 17.0 Å².